The van der Waals surface area contributed by atoms with Crippen LogP contribution in [-0.4, -0.2) is 12.5 Å². The Balaban J connectivity index is 1.90. The van der Waals surface area contributed by atoms with Gasteiger partial charge in [-0.3, -0.25) is 4.79 Å². The first-order valence-electron chi connectivity index (χ1n) is 5.51. The minimum atomic E-state index is -0.314. The van der Waals surface area contributed by atoms with Gasteiger partial charge in [-0.25, -0.2) is 0 Å². The Labute approximate surface area is 123 Å². The van der Waals surface area contributed by atoms with Crippen molar-refractivity contribution in [3.63, 3.8) is 0 Å². The smallest absolute Gasteiger partial charge is 0.379 e. The standard InChI is InChI=1S/C13H11IN2O3/c14-10-4-3-5-11(8-10)15-12(17)9-19-13-6-1-2-7-16(13)18/h1-8H,9H2,(H,15,17). The van der Waals surface area contributed by atoms with Crippen LogP contribution in [0.2, 0.25) is 0 Å². The molecule has 1 aromatic heterocycles. The average Bonchev–Trinajstić information content (AvgIpc) is 2.38. The van der Waals surface area contributed by atoms with Crippen LogP contribution < -0.4 is 14.8 Å². The number of aromatic nitrogens is 1. The first-order valence-corrected chi connectivity index (χ1v) is 6.59. The number of ether oxygens (including phenoxy) is 1. The Morgan fingerprint density at radius 3 is 2.89 bits per heavy atom. The number of carbonyl (C=O) groups excluding carboxylic acids is 1. The monoisotopic (exact) mass is 370 g/mol. The number of nitrogens with one attached hydrogen (secondary N) is 1. The number of hydrogen-bond acceptors (Lipinski definition) is 3. The second-order valence-electron chi connectivity index (χ2n) is 3.71. The van der Waals surface area contributed by atoms with Crippen LogP contribution in [0.5, 0.6) is 5.88 Å². The SMILES string of the molecule is O=C(COc1cccc[n+]1[O-])Nc1cccc(I)c1. The lowest BCUT2D eigenvalue weighted by atomic mass is 10.3. The van der Waals surface area contributed by atoms with Crippen molar-refractivity contribution in [1.82, 2.24) is 0 Å². The fourth-order valence-corrected chi connectivity index (χ4v) is 1.97. The van der Waals surface area contributed by atoms with Gasteiger partial charge in [-0.15, -0.1) is 4.73 Å². The normalized spacial score (nSPS) is 9.95. The Hall–Kier alpha value is -1.83. The first-order chi connectivity index (χ1) is 9.15. The Bertz CT molecular complexity index is 590. The lowest BCUT2D eigenvalue weighted by Crippen LogP contribution is -2.30. The number of halogens is 1. The molecule has 0 radical (unpaired) electrons. The summed E-state index contributed by atoms with van der Waals surface area (Å²) in [7, 11) is 0. The molecule has 2 aromatic rings. The molecular formula is C13H11IN2O3. The van der Waals surface area contributed by atoms with Gasteiger partial charge in [0, 0.05) is 15.3 Å². The van der Waals surface area contributed by atoms with E-state index < -0.39 is 0 Å². The van der Waals surface area contributed by atoms with E-state index in [1.165, 1.54) is 12.3 Å². The molecule has 0 spiro atoms. The summed E-state index contributed by atoms with van der Waals surface area (Å²) in [5.41, 5.74) is 0.698. The molecule has 1 N–H and O–H groups in total. The number of amides is 1. The molecule has 0 bridgehead atoms. The van der Waals surface area contributed by atoms with Gasteiger partial charge in [0.2, 0.25) is 0 Å². The van der Waals surface area contributed by atoms with Crippen LogP contribution in [0.3, 0.4) is 0 Å². The maximum Gasteiger partial charge on any atom is 0.379 e. The van der Waals surface area contributed by atoms with Crippen molar-refractivity contribution in [1.29, 1.82) is 0 Å². The van der Waals surface area contributed by atoms with E-state index in [0.29, 0.717) is 10.4 Å². The molecular weight excluding hydrogens is 359 g/mol. The molecule has 0 fully saturated rings. The van der Waals surface area contributed by atoms with Gasteiger partial charge in [-0.05, 0) is 46.9 Å². The molecule has 2 rings (SSSR count). The number of pyridine rings is 1. The molecule has 0 atom stereocenters. The predicted molar refractivity (Wildman–Crippen MR) is 78.7 cm³/mol. The molecule has 0 aliphatic carbocycles. The number of carbonyl (C=O) groups is 1. The lowest BCUT2D eigenvalue weighted by molar-refractivity contribution is -0.612. The zero-order valence-corrected chi connectivity index (χ0v) is 12.0. The van der Waals surface area contributed by atoms with E-state index in [-0.39, 0.29) is 18.4 Å². The predicted octanol–water partition coefficient (Wildman–Crippen LogP) is 1.94. The summed E-state index contributed by atoms with van der Waals surface area (Å²) in [5.74, 6) is -0.217. The van der Waals surface area contributed by atoms with Gasteiger partial charge in [-0.2, -0.15) is 0 Å². The van der Waals surface area contributed by atoms with Crippen molar-refractivity contribution in [3.05, 3.63) is 57.4 Å². The summed E-state index contributed by atoms with van der Waals surface area (Å²) in [4.78, 5) is 11.7. The van der Waals surface area contributed by atoms with Crippen molar-refractivity contribution in [3.8, 4) is 5.88 Å². The quantitative estimate of drug-likeness (QED) is 0.508. The summed E-state index contributed by atoms with van der Waals surface area (Å²) in [6, 6.07) is 12.2. The minimum Gasteiger partial charge on any atom is -0.616 e. The van der Waals surface area contributed by atoms with E-state index in [4.69, 9.17) is 4.74 Å². The van der Waals surface area contributed by atoms with Crippen LogP contribution in [0, 0.1) is 8.78 Å². The van der Waals surface area contributed by atoms with Crippen LogP contribution in [0.1, 0.15) is 0 Å². The molecule has 0 aliphatic rings. The van der Waals surface area contributed by atoms with Gasteiger partial charge in [0.15, 0.2) is 12.8 Å². The first kappa shape index (κ1) is 13.6. The maximum atomic E-state index is 11.7. The van der Waals surface area contributed by atoms with Crippen LogP contribution in [0.25, 0.3) is 0 Å². The third kappa shape index (κ3) is 4.09. The summed E-state index contributed by atoms with van der Waals surface area (Å²) < 4.78 is 6.73. The van der Waals surface area contributed by atoms with Gasteiger partial charge < -0.3 is 15.3 Å². The highest BCUT2D eigenvalue weighted by atomic mass is 127. The summed E-state index contributed by atoms with van der Waals surface area (Å²) in [6.07, 6.45) is 1.31. The summed E-state index contributed by atoms with van der Waals surface area (Å²) in [5, 5.41) is 14.0. The fraction of sp³-hybridized carbons (Fsp3) is 0.0769. The van der Waals surface area contributed by atoms with E-state index in [2.05, 4.69) is 27.9 Å². The van der Waals surface area contributed by atoms with Crippen LogP contribution in [0.4, 0.5) is 5.69 Å². The largest absolute Gasteiger partial charge is 0.616 e. The molecule has 0 saturated heterocycles. The van der Waals surface area contributed by atoms with Crippen molar-refractivity contribution >= 4 is 34.2 Å². The minimum absolute atomic E-state index is 0.0975. The highest BCUT2D eigenvalue weighted by molar-refractivity contribution is 14.1. The number of anilines is 1. The number of hydrogen-bond donors (Lipinski definition) is 1. The highest BCUT2D eigenvalue weighted by Gasteiger charge is 2.08. The third-order valence-electron chi connectivity index (χ3n) is 2.25. The summed E-state index contributed by atoms with van der Waals surface area (Å²) >= 11 is 2.16. The second kappa shape index (κ2) is 6.37. The zero-order valence-electron chi connectivity index (χ0n) is 9.88. The molecule has 6 heteroatoms. The second-order valence-corrected chi connectivity index (χ2v) is 4.96. The Morgan fingerprint density at radius 1 is 1.32 bits per heavy atom. The zero-order chi connectivity index (χ0) is 13.7. The number of rotatable bonds is 4. The molecule has 5 nitrogen and oxygen atoms in total. The van der Waals surface area contributed by atoms with Crippen molar-refractivity contribution in [2.45, 2.75) is 0 Å². The van der Waals surface area contributed by atoms with Crippen LogP contribution >= 0.6 is 22.6 Å². The van der Waals surface area contributed by atoms with Gasteiger partial charge in [0.25, 0.3) is 5.91 Å². The highest BCUT2D eigenvalue weighted by Crippen LogP contribution is 2.12. The third-order valence-corrected chi connectivity index (χ3v) is 2.92. The number of benzene rings is 1. The molecule has 0 aliphatic heterocycles. The van der Waals surface area contributed by atoms with Crippen LogP contribution in [-0.2, 0) is 4.79 Å². The fourth-order valence-electron chi connectivity index (χ4n) is 1.43. The van der Waals surface area contributed by atoms with Crippen molar-refractivity contribution in [2.75, 3.05) is 11.9 Å². The van der Waals surface area contributed by atoms with E-state index in [0.717, 1.165) is 3.57 Å². The van der Waals surface area contributed by atoms with Crippen molar-refractivity contribution < 1.29 is 14.3 Å². The number of nitrogens with zero attached hydrogens (tertiary/aromatic N) is 1. The topological polar surface area (TPSA) is 65.3 Å². The molecule has 19 heavy (non-hydrogen) atoms. The maximum absolute atomic E-state index is 11.7. The van der Waals surface area contributed by atoms with Gasteiger partial charge >= 0.3 is 5.88 Å². The Kier molecular flexibility index (Phi) is 4.56. The van der Waals surface area contributed by atoms with Gasteiger partial charge in [-0.1, -0.05) is 6.07 Å². The lowest BCUT2D eigenvalue weighted by Gasteiger charge is -2.07. The molecule has 1 aromatic carbocycles. The molecule has 0 unspecified atom stereocenters. The van der Waals surface area contributed by atoms with Gasteiger partial charge in [0.1, 0.15) is 0 Å². The van der Waals surface area contributed by atoms with Crippen molar-refractivity contribution in [2.24, 2.45) is 0 Å². The van der Waals surface area contributed by atoms with Crippen LogP contribution in [0.15, 0.2) is 48.7 Å². The van der Waals surface area contributed by atoms with E-state index in [1.807, 2.05) is 18.2 Å². The van der Waals surface area contributed by atoms with E-state index in [1.54, 1.807) is 18.2 Å². The van der Waals surface area contributed by atoms with E-state index in [9.17, 15) is 10.0 Å². The summed E-state index contributed by atoms with van der Waals surface area (Å²) in [6.45, 7) is -0.211. The Morgan fingerprint density at radius 2 is 2.16 bits per heavy atom. The van der Waals surface area contributed by atoms with Gasteiger partial charge in [0.05, 0.1) is 6.07 Å². The molecule has 98 valence electrons. The molecule has 1 heterocycles. The average molecular weight is 370 g/mol. The van der Waals surface area contributed by atoms with E-state index >= 15 is 0 Å². The molecule has 1 amide bonds. The molecule has 0 saturated carbocycles.